The fraction of sp³-hybridized carbons (Fsp3) is 0.529. The van der Waals surface area contributed by atoms with Gasteiger partial charge < -0.3 is 10.0 Å². The number of likely N-dealkylation sites (tertiary alicyclic amines) is 1. The molecule has 1 aromatic rings. The molecule has 7 heteroatoms. The molecule has 1 amide bonds. The molecule has 1 aliphatic heterocycles. The molecule has 4 nitrogen and oxygen atoms in total. The number of carbonyl (C=O) groups excluding carboxylic acids is 1. The smallest absolute Gasteiger partial charge is 0.406 e. The van der Waals surface area contributed by atoms with E-state index in [0.717, 1.165) is 23.3 Å². The Hall–Kier alpha value is -2.05. The summed E-state index contributed by atoms with van der Waals surface area (Å²) in [7, 11) is 0. The third-order valence-electron chi connectivity index (χ3n) is 5.05. The zero-order valence-electron chi connectivity index (χ0n) is 12.9. The highest BCUT2D eigenvalue weighted by Crippen LogP contribution is 2.48. The first kappa shape index (κ1) is 16.8. The van der Waals surface area contributed by atoms with Gasteiger partial charge in [-0.05, 0) is 30.7 Å². The van der Waals surface area contributed by atoms with Crippen molar-refractivity contribution in [3.8, 4) is 0 Å². The van der Waals surface area contributed by atoms with Gasteiger partial charge in [0.15, 0.2) is 5.41 Å². The summed E-state index contributed by atoms with van der Waals surface area (Å²) < 4.78 is 39.8. The molecule has 0 aromatic heterocycles. The van der Waals surface area contributed by atoms with Crippen molar-refractivity contribution >= 4 is 11.9 Å². The molecule has 2 unspecified atom stereocenters. The van der Waals surface area contributed by atoms with Crippen molar-refractivity contribution in [2.24, 2.45) is 11.3 Å². The standard InChI is InChI=1S/C17H18F3NO3/c18-17(19,20)16(15(23)24)8-9-21(10-16)14(22)13(12-6-7-12)11-4-2-1-3-5-11/h1-5,12-13H,6-10H2,(H,23,24). The van der Waals surface area contributed by atoms with Crippen LogP contribution in [0.4, 0.5) is 13.2 Å². The number of nitrogens with zero attached hydrogens (tertiary/aromatic N) is 1. The van der Waals surface area contributed by atoms with Crippen molar-refractivity contribution in [1.29, 1.82) is 0 Å². The number of carbonyl (C=O) groups is 2. The molecule has 1 saturated carbocycles. The second-order valence-electron chi connectivity index (χ2n) is 6.62. The molecule has 0 radical (unpaired) electrons. The number of amides is 1. The summed E-state index contributed by atoms with van der Waals surface area (Å²) in [6, 6.07) is 8.99. The SMILES string of the molecule is O=C(C(c1ccccc1)C1CC1)N1CCC(C(=O)O)(C(F)(F)F)C1. The van der Waals surface area contributed by atoms with E-state index in [2.05, 4.69) is 0 Å². The van der Waals surface area contributed by atoms with Crippen LogP contribution in [-0.4, -0.2) is 41.1 Å². The van der Waals surface area contributed by atoms with E-state index in [4.69, 9.17) is 5.11 Å². The number of carboxylic acid groups (broad SMARTS) is 1. The van der Waals surface area contributed by atoms with Crippen LogP contribution in [0.2, 0.25) is 0 Å². The van der Waals surface area contributed by atoms with Crippen molar-refractivity contribution in [2.45, 2.75) is 31.4 Å². The minimum Gasteiger partial charge on any atom is -0.481 e. The molecule has 24 heavy (non-hydrogen) atoms. The number of hydrogen-bond donors (Lipinski definition) is 1. The van der Waals surface area contributed by atoms with Gasteiger partial charge in [0.2, 0.25) is 5.91 Å². The van der Waals surface area contributed by atoms with Crippen LogP contribution in [-0.2, 0) is 9.59 Å². The van der Waals surface area contributed by atoms with Crippen molar-refractivity contribution in [3.63, 3.8) is 0 Å². The molecule has 1 heterocycles. The van der Waals surface area contributed by atoms with E-state index < -0.39 is 42.4 Å². The van der Waals surface area contributed by atoms with Crippen LogP contribution >= 0.6 is 0 Å². The summed E-state index contributed by atoms with van der Waals surface area (Å²) in [6.45, 7) is -0.985. The molecule has 1 saturated heterocycles. The highest BCUT2D eigenvalue weighted by Gasteiger charge is 2.64. The Morgan fingerprint density at radius 1 is 1.21 bits per heavy atom. The molecular formula is C17H18F3NO3. The summed E-state index contributed by atoms with van der Waals surface area (Å²) in [4.78, 5) is 25.2. The van der Waals surface area contributed by atoms with Gasteiger partial charge in [0.1, 0.15) is 0 Å². The zero-order valence-corrected chi connectivity index (χ0v) is 12.9. The molecule has 1 aliphatic carbocycles. The average molecular weight is 341 g/mol. The molecule has 1 N–H and O–H groups in total. The van der Waals surface area contributed by atoms with Gasteiger partial charge in [-0.2, -0.15) is 13.2 Å². The van der Waals surface area contributed by atoms with E-state index in [9.17, 15) is 22.8 Å². The maximum atomic E-state index is 13.3. The van der Waals surface area contributed by atoms with Gasteiger partial charge in [-0.1, -0.05) is 30.3 Å². The molecule has 2 atom stereocenters. The molecule has 3 rings (SSSR count). The zero-order chi connectivity index (χ0) is 17.5. The van der Waals surface area contributed by atoms with Gasteiger partial charge in [-0.15, -0.1) is 0 Å². The fourth-order valence-corrected chi connectivity index (χ4v) is 3.43. The van der Waals surface area contributed by atoms with E-state index >= 15 is 0 Å². The molecular weight excluding hydrogens is 323 g/mol. The Kier molecular flexibility index (Phi) is 4.05. The van der Waals surface area contributed by atoms with Crippen LogP contribution < -0.4 is 0 Å². The topological polar surface area (TPSA) is 57.6 Å². The molecule has 130 valence electrons. The quantitative estimate of drug-likeness (QED) is 0.916. The van der Waals surface area contributed by atoms with Gasteiger partial charge in [-0.25, -0.2) is 0 Å². The molecule has 2 fully saturated rings. The Morgan fingerprint density at radius 3 is 2.29 bits per heavy atom. The van der Waals surface area contributed by atoms with Crippen LogP contribution in [0.1, 0.15) is 30.7 Å². The van der Waals surface area contributed by atoms with Gasteiger partial charge in [0.25, 0.3) is 0 Å². The highest BCUT2D eigenvalue weighted by molar-refractivity contribution is 5.86. The van der Waals surface area contributed by atoms with Gasteiger partial charge >= 0.3 is 12.1 Å². The van der Waals surface area contributed by atoms with Gasteiger partial charge in [0, 0.05) is 13.1 Å². The lowest BCUT2D eigenvalue weighted by atomic mass is 9.86. The second kappa shape index (κ2) is 5.79. The predicted molar refractivity (Wildman–Crippen MR) is 79.2 cm³/mol. The van der Waals surface area contributed by atoms with Crippen LogP contribution in [0.15, 0.2) is 30.3 Å². The maximum absolute atomic E-state index is 13.3. The molecule has 2 aliphatic rings. The van der Waals surface area contributed by atoms with Gasteiger partial charge in [-0.3, -0.25) is 9.59 Å². The number of aliphatic carboxylic acids is 1. The van der Waals surface area contributed by atoms with E-state index in [1.165, 1.54) is 0 Å². The number of benzene rings is 1. The summed E-state index contributed by atoms with van der Waals surface area (Å²) in [6.07, 6.45) is -3.75. The second-order valence-corrected chi connectivity index (χ2v) is 6.62. The first-order valence-corrected chi connectivity index (χ1v) is 7.90. The highest BCUT2D eigenvalue weighted by atomic mass is 19.4. The van der Waals surface area contributed by atoms with E-state index in [-0.39, 0.29) is 12.5 Å². The molecule has 0 spiro atoms. The van der Waals surface area contributed by atoms with Crippen LogP contribution in [0.3, 0.4) is 0 Å². The van der Waals surface area contributed by atoms with E-state index in [1.54, 1.807) is 24.3 Å². The van der Waals surface area contributed by atoms with Crippen LogP contribution in [0, 0.1) is 11.3 Å². The minimum absolute atomic E-state index is 0.130. The van der Waals surface area contributed by atoms with E-state index in [1.807, 2.05) is 6.07 Å². The number of hydrogen-bond acceptors (Lipinski definition) is 2. The van der Waals surface area contributed by atoms with Crippen molar-refractivity contribution in [2.75, 3.05) is 13.1 Å². The number of rotatable bonds is 4. The Morgan fingerprint density at radius 2 is 1.83 bits per heavy atom. The molecule has 0 bridgehead atoms. The van der Waals surface area contributed by atoms with Crippen molar-refractivity contribution in [3.05, 3.63) is 35.9 Å². The monoisotopic (exact) mass is 341 g/mol. The van der Waals surface area contributed by atoms with Crippen LogP contribution in [0.25, 0.3) is 0 Å². The lowest BCUT2D eigenvalue weighted by molar-refractivity contribution is -0.227. The number of alkyl halides is 3. The lowest BCUT2D eigenvalue weighted by Crippen LogP contribution is -2.48. The molecule has 1 aromatic carbocycles. The maximum Gasteiger partial charge on any atom is 0.406 e. The normalized spacial score (nSPS) is 25.5. The van der Waals surface area contributed by atoms with Gasteiger partial charge in [0.05, 0.1) is 5.92 Å². The average Bonchev–Trinajstić information content (AvgIpc) is 3.23. The Bertz CT molecular complexity index is 642. The van der Waals surface area contributed by atoms with Crippen molar-refractivity contribution < 1.29 is 27.9 Å². The fourth-order valence-electron chi connectivity index (χ4n) is 3.43. The first-order valence-electron chi connectivity index (χ1n) is 7.90. The summed E-state index contributed by atoms with van der Waals surface area (Å²) >= 11 is 0. The third-order valence-corrected chi connectivity index (χ3v) is 5.05. The predicted octanol–water partition coefficient (Wildman–Crippen LogP) is 3.05. The number of halogens is 3. The van der Waals surface area contributed by atoms with Crippen molar-refractivity contribution in [1.82, 2.24) is 4.90 Å². The Labute approximate surface area is 137 Å². The largest absolute Gasteiger partial charge is 0.481 e. The first-order chi connectivity index (χ1) is 11.3. The minimum atomic E-state index is -4.88. The number of carboxylic acids is 1. The summed E-state index contributed by atoms with van der Waals surface area (Å²) in [5.74, 6) is -2.65. The Balaban J connectivity index is 1.84. The summed E-state index contributed by atoms with van der Waals surface area (Å²) in [5.41, 5.74) is -2.07. The van der Waals surface area contributed by atoms with E-state index in [0.29, 0.717) is 0 Å². The lowest BCUT2D eigenvalue weighted by Gasteiger charge is -2.28. The van der Waals surface area contributed by atoms with Crippen LogP contribution in [0.5, 0.6) is 0 Å². The third kappa shape index (κ3) is 2.76. The summed E-state index contributed by atoms with van der Waals surface area (Å²) in [5, 5.41) is 9.12.